The highest BCUT2D eigenvalue weighted by atomic mass is 79.9. The third-order valence-electron chi connectivity index (χ3n) is 21.8. The number of pyridine rings is 2. The number of rotatable bonds is 10. The van der Waals surface area contributed by atoms with Crippen molar-refractivity contribution in [1.82, 2.24) is 39.7 Å². The molecule has 6 aromatic carbocycles. The number of halogens is 1. The smallest absolute Gasteiger partial charge is 0.444 e. The molecule has 10 aromatic rings. The number of hydrogen-bond acceptors (Lipinski definition) is 14. The SMILES string of the molecule is CC(C)(C)OC(=O)NC1(c2ccc(-c3c(-c4ccc(N5CCCCC5=O)cc4)nc4n3-c3cccnc3Nc3ccccc3-4)cc2)CCC1.CC(C)(C)OC(=O)NC1(c2ccc(-c3c(Br)nc4n3-c3cccnc3Nc3ccccc3-4)cc2)CCC1.CC1(C)OB(c2ccc(N3CCCCC3=O)cc2)OC1(C)C. The van der Waals surface area contributed by atoms with E-state index in [4.69, 9.17) is 33.7 Å². The highest BCUT2D eigenvalue weighted by molar-refractivity contribution is 9.10. The third-order valence-corrected chi connectivity index (χ3v) is 22.3. The van der Waals surface area contributed by atoms with Gasteiger partial charge in [-0.2, -0.15) is 0 Å². The zero-order valence-corrected chi connectivity index (χ0v) is 64.6. The molecule has 4 N–H and O–H groups in total. The van der Waals surface area contributed by atoms with Crippen molar-refractivity contribution in [2.75, 3.05) is 33.5 Å². The lowest BCUT2D eigenvalue weighted by molar-refractivity contribution is -0.120. The standard InChI is InChI=1S/C40H40N6O3.C29H28BrN5O2.C17H24BNO3/c1-39(2,3)49-38(48)44-40(22-9-23-40)28-18-14-27(15-19-28)35-34(26-16-20-29(21-17-26)45-25-7-6-13-33(45)47)43-37-30-10-4-5-11-31(30)42-36-32(46(35)37)12-8-24-41-36;1-28(2,3)37-27(36)34-29(15-7-16-29)19-13-11-18(12-14-19)23-24(30)33-26-20-8-4-5-9-21(20)32-25-22(35(23)26)10-6-17-31-25;1-16(2)17(3,4)22-18(21-16)13-8-10-14(11-9-13)19-12-6-5-7-15(19)20/h4-5,8,10-12,14-21,24H,6-7,9,13,22-23,25H2,1-3H3,(H,41,42)(H,44,48);4-6,8-14,17H,7,15-16H2,1-3H3,(H,31,32)(H,34,36);8-11H,5-7,12H2,1-4H3. The van der Waals surface area contributed by atoms with Crippen molar-refractivity contribution >= 4 is 86.9 Å². The fourth-order valence-electron chi connectivity index (χ4n) is 15.2. The number of carbonyl (C=O) groups is 4. The summed E-state index contributed by atoms with van der Waals surface area (Å²) < 4.78 is 28.4. The van der Waals surface area contributed by atoms with Gasteiger partial charge in [0.15, 0.2) is 11.6 Å². The Hall–Kier alpha value is -10.4. The summed E-state index contributed by atoms with van der Waals surface area (Å²) in [6.45, 7) is 21.0. The summed E-state index contributed by atoms with van der Waals surface area (Å²) in [5.41, 5.74) is 13.7. The Balaban J connectivity index is 0.000000139. The van der Waals surface area contributed by atoms with Gasteiger partial charge in [-0.15, -0.1) is 0 Å². The van der Waals surface area contributed by atoms with Crippen LogP contribution in [0.15, 0.2) is 187 Å². The number of nitrogens with zero attached hydrogens (tertiary/aromatic N) is 8. The monoisotopic (exact) mass is 1510 g/mol. The summed E-state index contributed by atoms with van der Waals surface area (Å²) in [7, 11) is -0.351. The average molecular weight is 1510 g/mol. The van der Waals surface area contributed by atoms with Gasteiger partial charge in [0.1, 0.15) is 27.5 Å². The maximum atomic E-state index is 12.9. The van der Waals surface area contributed by atoms with Gasteiger partial charge >= 0.3 is 19.3 Å². The Bertz CT molecular complexity index is 5040. The quantitative estimate of drug-likeness (QED) is 0.0936. The van der Waals surface area contributed by atoms with Gasteiger partial charge in [-0.1, -0.05) is 97.1 Å². The van der Waals surface area contributed by atoms with Crippen LogP contribution in [0.1, 0.15) is 157 Å². The number of ether oxygens (including phenoxy) is 2. The number of imidazole rings is 2. The predicted molar refractivity (Wildman–Crippen MR) is 429 cm³/mol. The van der Waals surface area contributed by atoms with Gasteiger partial charge in [0.05, 0.1) is 62.1 Å². The first-order valence-corrected chi connectivity index (χ1v) is 38.5. The number of aromatic nitrogens is 6. The molecule has 20 nitrogen and oxygen atoms in total. The molecular formula is C86H92BBrN12O8. The molecular weight excluding hydrogens is 1420 g/mol. The number of alkyl carbamates (subject to hydrolysis) is 2. The molecule has 554 valence electrons. The van der Waals surface area contributed by atoms with E-state index in [0.29, 0.717) is 12.8 Å². The lowest BCUT2D eigenvalue weighted by Crippen LogP contribution is -2.52. The van der Waals surface area contributed by atoms with Crippen molar-refractivity contribution in [3.8, 4) is 67.9 Å². The predicted octanol–water partition coefficient (Wildman–Crippen LogP) is 18.6. The molecule has 0 bridgehead atoms. The van der Waals surface area contributed by atoms with Gasteiger partial charge in [-0.3, -0.25) is 18.7 Å². The van der Waals surface area contributed by atoms with Crippen molar-refractivity contribution in [2.45, 2.75) is 180 Å². The number of amides is 4. The van der Waals surface area contributed by atoms with Crippen LogP contribution < -0.4 is 36.5 Å². The maximum absolute atomic E-state index is 12.9. The Kier molecular flexibility index (Phi) is 19.6. The van der Waals surface area contributed by atoms with E-state index in [9.17, 15) is 19.2 Å². The van der Waals surface area contributed by atoms with Crippen LogP contribution in [0, 0.1) is 0 Å². The van der Waals surface area contributed by atoms with Crippen LogP contribution in [-0.2, 0) is 39.4 Å². The second-order valence-electron chi connectivity index (χ2n) is 32.0. The molecule has 9 heterocycles. The van der Waals surface area contributed by atoms with Crippen molar-refractivity contribution in [3.63, 3.8) is 0 Å². The molecule has 4 amide bonds. The zero-order chi connectivity index (χ0) is 75.5. The van der Waals surface area contributed by atoms with Crippen LogP contribution in [0.2, 0.25) is 0 Å². The van der Waals surface area contributed by atoms with Gasteiger partial charge < -0.3 is 49.8 Å². The highest BCUT2D eigenvalue weighted by Gasteiger charge is 2.52. The zero-order valence-electron chi connectivity index (χ0n) is 63.0. The lowest BCUT2D eigenvalue weighted by atomic mass is 9.71. The van der Waals surface area contributed by atoms with Crippen LogP contribution in [-0.4, -0.2) is 95.7 Å². The lowest BCUT2D eigenvalue weighted by Gasteiger charge is -2.43. The number of piperidine rings is 2. The van der Waals surface area contributed by atoms with E-state index in [0.717, 1.165) is 201 Å². The number of hydrogen-bond donors (Lipinski definition) is 4. The molecule has 0 radical (unpaired) electrons. The van der Waals surface area contributed by atoms with Crippen LogP contribution in [0.25, 0.3) is 67.9 Å². The summed E-state index contributed by atoms with van der Waals surface area (Å²) in [6, 6.07) is 57.3. The second-order valence-corrected chi connectivity index (χ2v) is 32.7. The summed E-state index contributed by atoms with van der Waals surface area (Å²) in [4.78, 5) is 73.6. The van der Waals surface area contributed by atoms with Crippen LogP contribution >= 0.6 is 15.9 Å². The number of para-hydroxylation sites is 2. The fraction of sp³-hybridized carbons (Fsp3) is 0.349. The number of anilines is 6. The van der Waals surface area contributed by atoms with E-state index in [1.165, 1.54) is 0 Å². The normalized spacial score (nSPS) is 17.5. The first kappa shape index (κ1) is 73.1. The van der Waals surface area contributed by atoms with Gasteiger partial charge in [-0.05, 0) is 239 Å². The summed E-state index contributed by atoms with van der Waals surface area (Å²) >= 11 is 3.74. The first-order valence-electron chi connectivity index (χ1n) is 37.7. The Labute approximate surface area is 640 Å². The van der Waals surface area contributed by atoms with Crippen molar-refractivity contribution in [2.24, 2.45) is 0 Å². The van der Waals surface area contributed by atoms with E-state index in [1.54, 1.807) is 12.4 Å². The summed E-state index contributed by atoms with van der Waals surface area (Å²) in [6.07, 6.45) is 13.7. The van der Waals surface area contributed by atoms with E-state index in [2.05, 4.69) is 130 Å². The van der Waals surface area contributed by atoms with Crippen LogP contribution in [0.3, 0.4) is 0 Å². The van der Waals surface area contributed by atoms with E-state index in [1.807, 2.05) is 170 Å². The summed E-state index contributed by atoms with van der Waals surface area (Å²) in [5.74, 6) is 3.54. The molecule has 0 atom stereocenters. The number of benzene rings is 6. The molecule has 22 heteroatoms. The Morgan fingerprint density at radius 1 is 0.500 bits per heavy atom. The minimum atomic E-state index is -0.574. The van der Waals surface area contributed by atoms with Crippen LogP contribution in [0.5, 0.6) is 0 Å². The molecule has 2 saturated carbocycles. The van der Waals surface area contributed by atoms with Crippen molar-refractivity contribution in [1.29, 1.82) is 0 Å². The van der Waals surface area contributed by atoms with Gasteiger partial charge in [0, 0.05) is 77.5 Å². The van der Waals surface area contributed by atoms with Crippen molar-refractivity contribution in [3.05, 3.63) is 198 Å². The van der Waals surface area contributed by atoms with Crippen molar-refractivity contribution < 1.29 is 38.0 Å². The van der Waals surface area contributed by atoms with Crippen LogP contribution in [0.4, 0.5) is 44.0 Å². The topological polar surface area (TPSA) is 221 Å². The largest absolute Gasteiger partial charge is 0.494 e. The fourth-order valence-corrected chi connectivity index (χ4v) is 15.8. The summed E-state index contributed by atoms with van der Waals surface area (Å²) in [5, 5.41) is 13.3. The number of carbonyl (C=O) groups excluding carboxylic acids is 4. The molecule has 7 aliphatic rings. The Morgan fingerprint density at radius 3 is 1.35 bits per heavy atom. The molecule has 2 aliphatic carbocycles. The molecule has 4 aromatic heterocycles. The maximum Gasteiger partial charge on any atom is 0.494 e. The second kappa shape index (κ2) is 29.0. The van der Waals surface area contributed by atoms with E-state index in [-0.39, 0.29) is 36.2 Å². The minimum absolute atomic E-state index is 0.173. The van der Waals surface area contributed by atoms with Gasteiger partial charge in [0.25, 0.3) is 0 Å². The molecule has 0 spiro atoms. The first-order chi connectivity index (χ1) is 51.7. The molecule has 3 saturated heterocycles. The molecule has 17 rings (SSSR count). The molecule has 5 aliphatic heterocycles. The van der Waals surface area contributed by atoms with E-state index < -0.39 is 28.4 Å². The van der Waals surface area contributed by atoms with Gasteiger partial charge in [0.2, 0.25) is 11.8 Å². The molecule has 108 heavy (non-hydrogen) atoms. The number of nitrogens with one attached hydrogen (secondary N) is 4. The Morgan fingerprint density at radius 2 is 0.917 bits per heavy atom. The van der Waals surface area contributed by atoms with Gasteiger partial charge in [-0.25, -0.2) is 29.5 Å². The molecule has 0 unspecified atom stereocenters. The van der Waals surface area contributed by atoms with E-state index >= 15 is 0 Å². The highest BCUT2D eigenvalue weighted by Crippen LogP contribution is 2.49. The number of fused-ring (bicyclic) bond motifs is 10. The third kappa shape index (κ3) is 14.5. The molecule has 5 fully saturated rings. The minimum Gasteiger partial charge on any atom is -0.444 e. The average Bonchev–Trinajstić information content (AvgIpc) is 1.55.